The first-order chi connectivity index (χ1) is 16.5. The number of methoxy groups -OCH3 is 6. The fourth-order valence-corrected chi connectivity index (χ4v) is 17.3. The number of ether oxygens (including phenoxy) is 6. The summed E-state index contributed by atoms with van der Waals surface area (Å²) in [4.78, 5) is 0. The first-order valence-corrected chi connectivity index (χ1v) is 26.4. The maximum absolute atomic E-state index is 5.96. The Labute approximate surface area is 227 Å². The molecule has 3 aromatic carbocycles. The molecule has 0 N–H and O–H groups in total. The predicted molar refractivity (Wildman–Crippen MR) is 152 cm³/mol. The first kappa shape index (κ1) is 27.3. The molecule has 3 rings (SSSR count). The Bertz CT molecular complexity index is 937. The fourth-order valence-electron chi connectivity index (χ4n) is 4.25. The maximum atomic E-state index is 5.96. The SMILES string of the molecule is COc1cccc(OC)c1[C](c1c(OC)cccc1OC)(c1c(OC)cccc1OC)[Sb]([I])[I]. The second-order valence-corrected chi connectivity index (χ2v) is 35.6. The van der Waals surface area contributed by atoms with Crippen molar-refractivity contribution in [3.05, 3.63) is 71.3 Å². The van der Waals surface area contributed by atoms with Crippen LogP contribution in [0.1, 0.15) is 16.7 Å². The molecular weight excluding hydrogens is 772 g/mol. The molecule has 0 bridgehead atoms. The summed E-state index contributed by atoms with van der Waals surface area (Å²) < 4.78 is 35.0. The van der Waals surface area contributed by atoms with Crippen molar-refractivity contribution in [2.24, 2.45) is 0 Å². The molecule has 0 saturated carbocycles. The number of halogens is 2. The molecule has 3 aromatic rings. The summed E-state index contributed by atoms with van der Waals surface area (Å²) in [7, 11) is 10.0. The molecule has 0 heterocycles. The van der Waals surface area contributed by atoms with Gasteiger partial charge in [0.2, 0.25) is 0 Å². The van der Waals surface area contributed by atoms with Gasteiger partial charge in [0.25, 0.3) is 0 Å². The van der Waals surface area contributed by atoms with Gasteiger partial charge in [-0.25, -0.2) is 0 Å². The van der Waals surface area contributed by atoms with Crippen molar-refractivity contribution in [2.75, 3.05) is 42.7 Å². The van der Waals surface area contributed by atoms with E-state index in [1.165, 1.54) is 0 Å². The van der Waals surface area contributed by atoms with Crippen LogP contribution in [-0.2, 0) is 3.36 Å². The Morgan fingerprint density at radius 2 is 0.676 bits per heavy atom. The monoisotopic (exact) mass is 798 g/mol. The number of benzene rings is 3. The van der Waals surface area contributed by atoms with Crippen LogP contribution in [0.25, 0.3) is 0 Å². The predicted octanol–water partition coefficient (Wildman–Crippen LogP) is 5.97. The van der Waals surface area contributed by atoms with Gasteiger partial charge in [0, 0.05) is 0 Å². The van der Waals surface area contributed by atoms with Gasteiger partial charge in [-0.2, -0.15) is 0 Å². The van der Waals surface area contributed by atoms with E-state index in [2.05, 4.69) is 37.0 Å². The molecule has 9 heteroatoms. The average molecular weight is 799 g/mol. The van der Waals surface area contributed by atoms with Crippen molar-refractivity contribution in [3.63, 3.8) is 0 Å². The van der Waals surface area contributed by atoms with Crippen LogP contribution >= 0.6 is 37.0 Å². The van der Waals surface area contributed by atoms with Crippen molar-refractivity contribution in [1.82, 2.24) is 0 Å². The zero-order valence-corrected chi connectivity index (χ0v) is 26.7. The molecule has 0 aliphatic rings. The molecule has 0 fully saturated rings. The van der Waals surface area contributed by atoms with Crippen LogP contribution in [0.3, 0.4) is 0 Å². The molecule has 34 heavy (non-hydrogen) atoms. The van der Waals surface area contributed by atoms with E-state index in [4.69, 9.17) is 28.4 Å². The molecule has 0 radical (unpaired) electrons. The summed E-state index contributed by atoms with van der Waals surface area (Å²) >= 11 is 2.74. The Balaban J connectivity index is 2.74. The normalized spacial score (nSPS) is 11.2. The average Bonchev–Trinajstić information content (AvgIpc) is 2.88. The number of hydrogen-bond acceptors (Lipinski definition) is 6. The van der Waals surface area contributed by atoms with Gasteiger partial charge in [0.05, 0.1) is 0 Å². The Morgan fingerprint density at radius 1 is 0.471 bits per heavy atom. The summed E-state index contributed by atoms with van der Waals surface area (Å²) in [5.41, 5.74) is 2.66. The van der Waals surface area contributed by atoms with Crippen LogP contribution in [0.2, 0.25) is 0 Å². The van der Waals surface area contributed by atoms with Crippen LogP contribution in [0, 0.1) is 0 Å². The zero-order valence-electron chi connectivity index (χ0n) is 19.8. The topological polar surface area (TPSA) is 55.4 Å². The Hall–Kier alpha value is -1.26. The summed E-state index contributed by atoms with van der Waals surface area (Å²) in [5, 5.41) is 0. The van der Waals surface area contributed by atoms with E-state index < -0.39 is 15.5 Å². The van der Waals surface area contributed by atoms with E-state index in [1.54, 1.807) is 42.7 Å². The van der Waals surface area contributed by atoms with Gasteiger partial charge >= 0.3 is 229 Å². The third kappa shape index (κ3) is 4.62. The Morgan fingerprint density at radius 3 is 0.824 bits per heavy atom. The van der Waals surface area contributed by atoms with E-state index in [0.717, 1.165) is 16.7 Å². The van der Waals surface area contributed by atoms with Crippen molar-refractivity contribution < 1.29 is 28.4 Å². The van der Waals surface area contributed by atoms with E-state index in [1.807, 2.05) is 54.6 Å². The molecule has 0 saturated heterocycles. The van der Waals surface area contributed by atoms with Gasteiger partial charge in [-0.1, -0.05) is 0 Å². The third-order valence-electron chi connectivity index (χ3n) is 5.62. The summed E-state index contributed by atoms with van der Waals surface area (Å²) in [6, 6.07) is 17.5. The van der Waals surface area contributed by atoms with Gasteiger partial charge in [-0.15, -0.1) is 0 Å². The van der Waals surface area contributed by atoms with Crippen molar-refractivity contribution in [2.45, 2.75) is 3.36 Å². The molecule has 6 nitrogen and oxygen atoms in total. The number of rotatable bonds is 10. The van der Waals surface area contributed by atoms with Crippen LogP contribution < -0.4 is 28.4 Å². The molecule has 0 aliphatic heterocycles. The molecule has 0 atom stereocenters. The molecular formula is C25H27I2O6Sb. The minimum absolute atomic E-state index is 0.697. The Kier molecular flexibility index (Phi) is 9.74. The number of hydrogen-bond donors (Lipinski definition) is 0. The molecule has 0 unspecified atom stereocenters. The third-order valence-corrected chi connectivity index (χ3v) is 18.7. The van der Waals surface area contributed by atoms with Crippen LogP contribution in [0.4, 0.5) is 0 Å². The van der Waals surface area contributed by atoms with Crippen molar-refractivity contribution in [1.29, 1.82) is 0 Å². The van der Waals surface area contributed by atoms with E-state index in [9.17, 15) is 0 Å². The fraction of sp³-hybridized carbons (Fsp3) is 0.280. The second-order valence-electron chi connectivity index (χ2n) is 7.06. The molecule has 0 aliphatic carbocycles. The second kappa shape index (κ2) is 12.1. The summed E-state index contributed by atoms with van der Waals surface area (Å²) in [6.07, 6.45) is 0. The summed E-state index contributed by atoms with van der Waals surface area (Å²) in [5.74, 6) is 4.18. The van der Waals surface area contributed by atoms with Crippen LogP contribution in [-0.4, -0.2) is 54.8 Å². The van der Waals surface area contributed by atoms with E-state index >= 15 is 0 Å². The van der Waals surface area contributed by atoms with Crippen molar-refractivity contribution >= 4 is 49.2 Å². The van der Waals surface area contributed by atoms with E-state index in [-0.39, 0.29) is 0 Å². The van der Waals surface area contributed by atoms with E-state index in [0.29, 0.717) is 34.5 Å². The quantitative estimate of drug-likeness (QED) is 0.143. The molecule has 182 valence electrons. The zero-order chi connectivity index (χ0) is 24.9. The molecule has 0 aromatic heterocycles. The molecule has 0 spiro atoms. The van der Waals surface area contributed by atoms with Crippen LogP contribution in [0.5, 0.6) is 34.5 Å². The van der Waals surface area contributed by atoms with Gasteiger partial charge in [-0.05, 0) is 0 Å². The van der Waals surface area contributed by atoms with Gasteiger partial charge in [0.1, 0.15) is 0 Å². The van der Waals surface area contributed by atoms with Gasteiger partial charge in [-0.3, -0.25) is 0 Å². The van der Waals surface area contributed by atoms with Crippen LogP contribution in [0.15, 0.2) is 54.6 Å². The van der Waals surface area contributed by atoms with Gasteiger partial charge in [0.15, 0.2) is 0 Å². The first-order valence-electron chi connectivity index (χ1n) is 10.2. The summed E-state index contributed by atoms with van der Waals surface area (Å²) in [6.45, 7) is 0. The van der Waals surface area contributed by atoms with Gasteiger partial charge < -0.3 is 0 Å². The minimum atomic E-state index is -2.46. The standard InChI is InChI=1S/C25H27O6.2HI.Sb/c1-26-16-10-7-11-17(27-2)22(16)25(23-18(28-3)12-8-13-19(23)29-4)24-20(30-5)14-9-15-21(24)31-6;;;/h7-15H,1-6H3;2*1H;/q;;;+2/p-2. The molecule has 0 amide bonds. The van der Waals surface area contributed by atoms with Crippen molar-refractivity contribution in [3.8, 4) is 34.5 Å².